The second-order valence-electron chi connectivity index (χ2n) is 4.88. The summed E-state index contributed by atoms with van der Waals surface area (Å²) in [5.41, 5.74) is 2.72. The Labute approximate surface area is 97.7 Å². The second kappa shape index (κ2) is 4.10. The van der Waals surface area contributed by atoms with Gasteiger partial charge in [-0.2, -0.15) is 0 Å². The van der Waals surface area contributed by atoms with E-state index in [-0.39, 0.29) is 5.54 Å². The smallest absolute Gasteiger partial charge is 0.115 e. The third kappa shape index (κ3) is 1.71. The van der Waals surface area contributed by atoms with Gasteiger partial charge >= 0.3 is 0 Å². The van der Waals surface area contributed by atoms with Gasteiger partial charge in [0.25, 0.3) is 0 Å². The second-order valence-corrected chi connectivity index (χ2v) is 4.88. The van der Waals surface area contributed by atoms with Crippen LogP contribution in [0.1, 0.15) is 44.7 Å². The third-order valence-corrected chi connectivity index (χ3v) is 3.86. The molecule has 2 N–H and O–H groups in total. The lowest BCUT2D eigenvalue weighted by Gasteiger charge is -2.42. The average molecular weight is 219 g/mol. The molecule has 1 aliphatic heterocycles. The predicted molar refractivity (Wildman–Crippen MR) is 66.7 cm³/mol. The van der Waals surface area contributed by atoms with Crippen molar-refractivity contribution >= 4 is 0 Å². The lowest BCUT2D eigenvalue weighted by molar-refractivity contribution is 0.253. The Morgan fingerprint density at radius 1 is 1.38 bits per heavy atom. The molecule has 0 spiro atoms. The van der Waals surface area contributed by atoms with Crippen LogP contribution >= 0.6 is 0 Å². The molecule has 1 unspecified atom stereocenters. The van der Waals surface area contributed by atoms with Crippen LogP contribution in [0.4, 0.5) is 0 Å². The van der Waals surface area contributed by atoms with Gasteiger partial charge in [-0.15, -0.1) is 0 Å². The number of benzene rings is 1. The largest absolute Gasteiger partial charge is 0.508 e. The quantitative estimate of drug-likeness (QED) is 0.801. The average Bonchev–Trinajstić information content (AvgIpc) is 2.28. The molecule has 0 amide bonds. The van der Waals surface area contributed by atoms with E-state index in [1.807, 2.05) is 6.07 Å². The molecule has 1 aromatic carbocycles. The van der Waals surface area contributed by atoms with Crippen LogP contribution in [0.5, 0.6) is 5.75 Å². The molecule has 0 fully saturated rings. The first kappa shape index (κ1) is 11.5. The first-order valence-electron chi connectivity index (χ1n) is 6.21. The van der Waals surface area contributed by atoms with Crippen LogP contribution in [0.25, 0.3) is 0 Å². The van der Waals surface area contributed by atoms with Crippen LogP contribution in [0, 0.1) is 0 Å². The highest BCUT2D eigenvalue weighted by Gasteiger charge is 2.35. The van der Waals surface area contributed by atoms with E-state index in [1.54, 1.807) is 6.07 Å². The number of phenols is 1. The van der Waals surface area contributed by atoms with Crippen LogP contribution < -0.4 is 5.32 Å². The lowest BCUT2D eigenvalue weighted by Crippen LogP contribution is -2.51. The van der Waals surface area contributed by atoms with Crippen molar-refractivity contribution in [2.75, 3.05) is 0 Å². The van der Waals surface area contributed by atoms with Crippen LogP contribution in [0.3, 0.4) is 0 Å². The first-order valence-corrected chi connectivity index (χ1v) is 6.21. The maximum atomic E-state index is 9.65. The molecule has 1 aromatic rings. The van der Waals surface area contributed by atoms with Crippen molar-refractivity contribution in [3.63, 3.8) is 0 Å². The molecule has 0 radical (unpaired) electrons. The molecule has 0 bridgehead atoms. The zero-order valence-corrected chi connectivity index (χ0v) is 10.4. The topological polar surface area (TPSA) is 32.3 Å². The summed E-state index contributed by atoms with van der Waals surface area (Å²) in [7, 11) is 0. The zero-order valence-electron chi connectivity index (χ0n) is 10.4. The van der Waals surface area contributed by atoms with Gasteiger partial charge in [0.05, 0.1) is 0 Å². The van der Waals surface area contributed by atoms with E-state index in [0.29, 0.717) is 11.8 Å². The van der Waals surface area contributed by atoms with Gasteiger partial charge in [0.2, 0.25) is 0 Å². The minimum atomic E-state index is 0.0474. The monoisotopic (exact) mass is 219 g/mol. The van der Waals surface area contributed by atoms with E-state index in [9.17, 15) is 5.11 Å². The van der Waals surface area contributed by atoms with Crippen molar-refractivity contribution < 1.29 is 5.11 Å². The number of hydrogen-bond acceptors (Lipinski definition) is 2. The Morgan fingerprint density at radius 2 is 2.06 bits per heavy atom. The van der Waals surface area contributed by atoms with Crippen molar-refractivity contribution in [1.29, 1.82) is 0 Å². The van der Waals surface area contributed by atoms with Crippen LogP contribution in [-0.2, 0) is 12.0 Å². The SMILES string of the molecule is CCC1(CC)NC(C)Cc2ccc(O)cc21. The Morgan fingerprint density at radius 3 is 2.69 bits per heavy atom. The molecule has 0 saturated heterocycles. The fraction of sp³-hybridized carbons (Fsp3) is 0.571. The van der Waals surface area contributed by atoms with E-state index in [1.165, 1.54) is 11.1 Å². The molecule has 1 atom stereocenters. The van der Waals surface area contributed by atoms with E-state index in [4.69, 9.17) is 0 Å². The molecule has 0 saturated carbocycles. The first-order chi connectivity index (χ1) is 7.61. The Balaban J connectivity index is 2.54. The van der Waals surface area contributed by atoms with Crippen molar-refractivity contribution in [3.05, 3.63) is 29.3 Å². The maximum Gasteiger partial charge on any atom is 0.115 e. The summed E-state index contributed by atoms with van der Waals surface area (Å²) in [4.78, 5) is 0. The summed E-state index contributed by atoms with van der Waals surface area (Å²) >= 11 is 0. The molecule has 2 rings (SSSR count). The zero-order chi connectivity index (χ0) is 11.8. The highest BCUT2D eigenvalue weighted by atomic mass is 16.3. The molecular formula is C14H21NO. The van der Waals surface area contributed by atoms with Crippen LogP contribution in [-0.4, -0.2) is 11.1 Å². The fourth-order valence-corrected chi connectivity index (χ4v) is 2.95. The molecule has 0 aromatic heterocycles. The summed E-state index contributed by atoms with van der Waals surface area (Å²) < 4.78 is 0. The molecule has 2 nitrogen and oxygen atoms in total. The molecular weight excluding hydrogens is 198 g/mol. The number of fused-ring (bicyclic) bond motifs is 1. The van der Waals surface area contributed by atoms with Crippen LogP contribution in [0.2, 0.25) is 0 Å². The molecule has 1 heterocycles. The Bertz CT molecular complexity index is 382. The third-order valence-electron chi connectivity index (χ3n) is 3.86. The molecule has 16 heavy (non-hydrogen) atoms. The van der Waals surface area contributed by atoms with Gasteiger partial charge in [0.15, 0.2) is 0 Å². The normalized spacial score (nSPS) is 22.8. The number of phenolic OH excluding ortho intramolecular Hbond substituents is 1. The van der Waals surface area contributed by atoms with Crippen LogP contribution in [0.15, 0.2) is 18.2 Å². The van der Waals surface area contributed by atoms with Crippen molar-refractivity contribution in [2.24, 2.45) is 0 Å². The number of hydrogen-bond donors (Lipinski definition) is 2. The number of aromatic hydroxyl groups is 1. The lowest BCUT2D eigenvalue weighted by atomic mass is 9.77. The van der Waals surface area contributed by atoms with Crippen molar-refractivity contribution in [3.8, 4) is 5.75 Å². The molecule has 88 valence electrons. The van der Waals surface area contributed by atoms with Crippen molar-refractivity contribution in [2.45, 2.75) is 51.6 Å². The van der Waals surface area contributed by atoms with Gasteiger partial charge in [0, 0.05) is 11.6 Å². The van der Waals surface area contributed by atoms with Crippen molar-refractivity contribution in [1.82, 2.24) is 5.32 Å². The summed E-state index contributed by atoms with van der Waals surface area (Å²) in [6, 6.07) is 6.31. The molecule has 0 aliphatic carbocycles. The fourth-order valence-electron chi connectivity index (χ4n) is 2.95. The standard InChI is InChI=1S/C14H21NO/c1-4-14(5-2)13-9-12(16)7-6-11(13)8-10(3)15-14/h6-7,9-10,15-16H,4-5,8H2,1-3H3. The van der Waals surface area contributed by atoms with E-state index >= 15 is 0 Å². The Hall–Kier alpha value is -1.02. The highest BCUT2D eigenvalue weighted by Crippen LogP contribution is 2.37. The predicted octanol–water partition coefficient (Wildman–Crippen LogP) is 2.94. The minimum Gasteiger partial charge on any atom is -0.508 e. The van der Waals surface area contributed by atoms with Gasteiger partial charge in [0.1, 0.15) is 5.75 Å². The van der Waals surface area contributed by atoms with E-state index in [2.05, 4.69) is 32.2 Å². The summed E-state index contributed by atoms with van der Waals surface area (Å²) in [5.74, 6) is 0.376. The summed E-state index contributed by atoms with van der Waals surface area (Å²) in [6.45, 7) is 6.65. The number of rotatable bonds is 2. The van der Waals surface area contributed by atoms with Gasteiger partial charge in [-0.3, -0.25) is 0 Å². The van der Waals surface area contributed by atoms with E-state index in [0.717, 1.165) is 19.3 Å². The molecule has 2 heteroatoms. The van der Waals surface area contributed by atoms with Gasteiger partial charge in [-0.25, -0.2) is 0 Å². The van der Waals surface area contributed by atoms with Gasteiger partial charge in [-0.05, 0) is 49.4 Å². The molecule has 1 aliphatic rings. The summed E-state index contributed by atoms with van der Waals surface area (Å²) in [5, 5.41) is 13.4. The minimum absolute atomic E-state index is 0.0474. The maximum absolute atomic E-state index is 9.65. The highest BCUT2D eigenvalue weighted by molar-refractivity contribution is 5.42. The summed E-state index contributed by atoms with van der Waals surface area (Å²) in [6.07, 6.45) is 3.17. The number of nitrogens with one attached hydrogen (secondary N) is 1. The van der Waals surface area contributed by atoms with Gasteiger partial charge < -0.3 is 10.4 Å². The Kier molecular flexibility index (Phi) is 2.94. The van der Waals surface area contributed by atoms with Gasteiger partial charge in [-0.1, -0.05) is 19.9 Å². The van der Waals surface area contributed by atoms with E-state index < -0.39 is 0 Å².